The normalized spacial score (nSPS) is 11.7. The number of aromatic nitrogens is 4. The molecule has 3 rings (SSSR count). The molecule has 2 heterocycles. The van der Waals surface area contributed by atoms with Gasteiger partial charge in [0.25, 0.3) is 5.56 Å². The minimum absolute atomic E-state index is 0.00244. The standard InChI is InChI=1S/C14H7Cl2F3N4O2S/c15-6-1-2-7(8(16)3-6)12-23-22-11(25-12)5-26-13-20-9(14(17,18)19)4-10(24)21-13/h1-4H,5H2,(H,20,21,24). The lowest BCUT2D eigenvalue weighted by Gasteiger charge is -2.06. The number of aromatic amines is 1. The van der Waals surface area contributed by atoms with Gasteiger partial charge in [-0.25, -0.2) is 4.98 Å². The van der Waals surface area contributed by atoms with E-state index in [4.69, 9.17) is 27.6 Å². The summed E-state index contributed by atoms with van der Waals surface area (Å²) < 4.78 is 43.5. The van der Waals surface area contributed by atoms with Crippen LogP contribution < -0.4 is 5.56 Å². The van der Waals surface area contributed by atoms with Gasteiger partial charge in [-0.3, -0.25) is 4.79 Å². The topological polar surface area (TPSA) is 84.7 Å². The third-order valence-corrected chi connectivity index (χ3v) is 4.38. The van der Waals surface area contributed by atoms with E-state index >= 15 is 0 Å². The molecule has 0 unspecified atom stereocenters. The van der Waals surface area contributed by atoms with Crippen molar-refractivity contribution >= 4 is 35.0 Å². The van der Waals surface area contributed by atoms with Gasteiger partial charge < -0.3 is 9.40 Å². The van der Waals surface area contributed by atoms with Crippen molar-refractivity contribution in [3.8, 4) is 11.5 Å². The molecule has 0 amide bonds. The van der Waals surface area contributed by atoms with Crippen molar-refractivity contribution < 1.29 is 17.6 Å². The SMILES string of the molecule is O=c1cc(C(F)(F)F)nc(SCc2nnc(-c3ccc(Cl)cc3Cl)o2)[nH]1. The van der Waals surface area contributed by atoms with E-state index in [2.05, 4.69) is 20.2 Å². The van der Waals surface area contributed by atoms with Crippen molar-refractivity contribution in [1.82, 2.24) is 20.2 Å². The Morgan fingerprint density at radius 2 is 1.96 bits per heavy atom. The zero-order valence-electron chi connectivity index (χ0n) is 12.5. The average Bonchev–Trinajstić information content (AvgIpc) is 3.00. The predicted molar refractivity (Wildman–Crippen MR) is 89.2 cm³/mol. The Morgan fingerprint density at radius 3 is 2.65 bits per heavy atom. The molecule has 0 spiro atoms. The average molecular weight is 423 g/mol. The van der Waals surface area contributed by atoms with Gasteiger partial charge in [0, 0.05) is 11.1 Å². The smallest absolute Gasteiger partial charge is 0.420 e. The van der Waals surface area contributed by atoms with Gasteiger partial charge in [0.2, 0.25) is 11.8 Å². The maximum absolute atomic E-state index is 12.7. The third kappa shape index (κ3) is 4.37. The summed E-state index contributed by atoms with van der Waals surface area (Å²) >= 11 is 12.7. The molecule has 0 bridgehead atoms. The summed E-state index contributed by atoms with van der Waals surface area (Å²) in [5.74, 6) is 0.256. The first-order valence-corrected chi connectivity index (χ1v) is 8.55. The fraction of sp³-hybridized carbons (Fsp3) is 0.143. The summed E-state index contributed by atoms with van der Waals surface area (Å²) in [6.45, 7) is 0. The second-order valence-corrected chi connectivity index (χ2v) is 6.66. The van der Waals surface area contributed by atoms with Gasteiger partial charge >= 0.3 is 6.18 Å². The largest absolute Gasteiger partial charge is 0.433 e. The Bertz CT molecular complexity index is 1010. The lowest BCUT2D eigenvalue weighted by molar-refractivity contribution is -0.141. The lowest BCUT2D eigenvalue weighted by atomic mass is 10.2. The van der Waals surface area contributed by atoms with E-state index in [1.54, 1.807) is 12.1 Å². The van der Waals surface area contributed by atoms with Crippen LogP contribution in [0.1, 0.15) is 11.6 Å². The Morgan fingerprint density at radius 1 is 1.19 bits per heavy atom. The van der Waals surface area contributed by atoms with Crippen LogP contribution in [0.25, 0.3) is 11.5 Å². The molecule has 136 valence electrons. The van der Waals surface area contributed by atoms with Crippen LogP contribution in [0.4, 0.5) is 13.2 Å². The van der Waals surface area contributed by atoms with Crippen molar-refractivity contribution in [3.05, 3.63) is 56.2 Å². The van der Waals surface area contributed by atoms with Gasteiger partial charge in [-0.15, -0.1) is 10.2 Å². The fourth-order valence-corrected chi connectivity index (χ4v) is 3.06. The molecule has 0 aliphatic heterocycles. The van der Waals surface area contributed by atoms with Crippen LogP contribution in [0, 0.1) is 0 Å². The van der Waals surface area contributed by atoms with Crippen LogP contribution >= 0.6 is 35.0 Å². The summed E-state index contributed by atoms with van der Waals surface area (Å²) in [5, 5.41) is 8.16. The Hall–Kier alpha value is -2.04. The molecule has 0 aliphatic carbocycles. The molecule has 0 aliphatic rings. The monoisotopic (exact) mass is 422 g/mol. The number of benzene rings is 1. The number of alkyl halides is 3. The van der Waals surface area contributed by atoms with Crippen LogP contribution in [-0.2, 0) is 11.9 Å². The summed E-state index contributed by atoms with van der Waals surface area (Å²) in [7, 11) is 0. The Balaban J connectivity index is 1.76. The molecule has 0 fully saturated rings. The second kappa shape index (κ2) is 7.29. The van der Waals surface area contributed by atoms with Gasteiger partial charge in [0.1, 0.15) is 0 Å². The molecular weight excluding hydrogens is 416 g/mol. The van der Waals surface area contributed by atoms with Crippen LogP contribution in [0.15, 0.2) is 38.6 Å². The fourth-order valence-electron chi connectivity index (χ4n) is 1.86. The molecular formula is C14H7Cl2F3N4O2S. The summed E-state index contributed by atoms with van der Waals surface area (Å²) in [5.41, 5.74) is -1.72. The molecule has 3 aromatic rings. The summed E-state index contributed by atoms with van der Waals surface area (Å²) in [6.07, 6.45) is -4.72. The van der Waals surface area contributed by atoms with E-state index in [0.717, 1.165) is 11.8 Å². The molecule has 6 nitrogen and oxygen atoms in total. The molecule has 2 aromatic heterocycles. The quantitative estimate of drug-likeness (QED) is 0.494. The number of nitrogens with one attached hydrogen (secondary N) is 1. The number of halogens is 5. The van der Waals surface area contributed by atoms with Crippen molar-refractivity contribution in [2.45, 2.75) is 17.1 Å². The second-order valence-electron chi connectivity index (χ2n) is 4.85. The molecule has 1 N–H and O–H groups in total. The first-order valence-electron chi connectivity index (χ1n) is 6.81. The number of thioether (sulfide) groups is 1. The van der Waals surface area contributed by atoms with Crippen LogP contribution in [-0.4, -0.2) is 20.2 Å². The first-order chi connectivity index (χ1) is 12.2. The van der Waals surface area contributed by atoms with Crippen molar-refractivity contribution in [2.24, 2.45) is 0 Å². The molecule has 0 saturated heterocycles. The van der Waals surface area contributed by atoms with Crippen molar-refractivity contribution in [2.75, 3.05) is 0 Å². The molecule has 0 atom stereocenters. The van der Waals surface area contributed by atoms with E-state index in [9.17, 15) is 18.0 Å². The summed E-state index contributed by atoms with van der Waals surface area (Å²) in [6, 6.07) is 5.09. The predicted octanol–water partition coefficient (Wildman–Crippen LogP) is 4.44. The van der Waals surface area contributed by atoms with Gasteiger partial charge in [-0.2, -0.15) is 13.2 Å². The molecule has 1 aromatic carbocycles. The number of hydrogen-bond donors (Lipinski definition) is 1. The van der Waals surface area contributed by atoms with Crippen molar-refractivity contribution in [1.29, 1.82) is 0 Å². The third-order valence-electron chi connectivity index (χ3n) is 2.97. The summed E-state index contributed by atoms with van der Waals surface area (Å²) in [4.78, 5) is 16.9. The van der Waals surface area contributed by atoms with E-state index in [1.807, 2.05) is 0 Å². The van der Waals surface area contributed by atoms with Gasteiger partial charge in [0.15, 0.2) is 10.9 Å². The zero-order valence-corrected chi connectivity index (χ0v) is 14.8. The number of hydrogen-bond acceptors (Lipinski definition) is 6. The maximum atomic E-state index is 12.7. The van der Waals surface area contributed by atoms with E-state index < -0.39 is 17.4 Å². The van der Waals surface area contributed by atoms with E-state index in [0.29, 0.717) is 21.7 Å². The van der Waals surface area contributed by atoms with Gasteiger partial charge in [0.05, 0.1) is 16.3 Å². The Labute approximate surface area is 157 Å². The number of nitrogens with zero attached hydrogens (tertiary/aromatic N) is 3. The highest BCUT2D eigenvalue weighted by Gasteiger charge is 2.33. The van der Waals surface area contributed by atoms with Crippen LogP contribution in [0.5, 0.6) is 0 Å². The van der Waals surface area contributed by atoms with Crippen LogP contribution in [0.3, 0.4) is 0 Å². The van der Waals surface area contributed by atoms with Crippen LogP contribution in [0.2, 0.25) is 10.0 Å². The number of H-pyrrole nitrogens is 1. The van der Waals surface area contributed by atoms with E-state index in [-0.39, 0.29) is 22.7 Å². The van der Waals surface area contributed by atoms with Gasteiger partial charge in [-0.1, -0.05) is 35.0 Å². The van der Waals surface area contributed by atoms with Crippen molar-refractivity contribution in [3.63, 3.8) is 0 Å². The molecule has 26 heavy (non-hydrogen) atoms. The highest BCUT2D eigenvalue weighted by Crippen LogP contribution is 2.31. The van der Waals surface area contributed by atoms with Gasteiger partial charge in [-0.05, 0) is 18.2 Å². The number of rotatable bonds is 4. The minimum atomic E-state index is -4.72. The molecule has 0 radical (unpaired) electrons. The highest BCUT2D eigenvalue weighted by atomic mass is 35.5. The molecule has 12 heteroatoms. The lowest BCUT2D eigenvalue weighted by Crippen LogP contribution is -2.16. The highest BCUT2D eigenvalue weighted by molar-refractivity contribution is 7.98. The van der Waals surface area contributed by atoms with E-state index in [1.165, 1.54) is 6.07 Å². The molecule has 0 saturated carbocycles. The maximum Gasteiger partial charge on any atom is 0.433 e. The first kappa shape index (κ1) is 18.7. The zero-order chi connectivity index (χ0) is 18.9. The minimum Gasteiger partial charge on any atom is -0.420 e. The Kier molecular flexibility index (Phi) is 5.26.